The van der Waals surface area contributed by atoms with Crippen LogP contribution >= 0.6 is 23.2 Å². The normalized spacial score (nSPS) is 11.2. The van der Waals surface area contributed by atoms with Crippen molar-refractivity contribution in [3.8, 4) is 11.5 Å². The van der Waals surface area contributed by atoms with Crippen LogP contribution in [0.15, 0.2) is 46.9 Å². The molecule has 0 spiro atoms. The van der Waals surface area contributed by atoms with Crippen molar-refractivity contribution < 1.29 is 8.81 Å². The van der Waals surface area contributed by atoms with Gasteiger partial charge in [0.05, 0.1) is 0 Å². The van der Waals surface area contributed by atoms with E-state index in [1.807, 2.05) is 0 Å². The van der Waals surface area contributed by atoms with Crippen LogP contribution in [-0.4, -0.2) is 10.2 Å². The highest BCUT2D eigenvalue weighted by Gasteiger charge is 2.07. The fourth-order valence-corrected chi connectivity index (χ4v) is 2.28. The Morgan fingerprint density at radius 1 is 0.955 bits per heavy atom. The summed E-state index contributed by atoms with van der Waals surface area (Å²) in [6.07, 6.45) is 3.40. The first kappa shape index (κ1) is 14.8. The summed E-state index contributed by atoms with van der Waals surface area (Å²) in [6, 6.07) is 11.0. The third-order valence-electron chi connectivity index (χ3n) is 2.90. The summed E-state index contributed by atoms with van der Waals surface area (Å²) in [5.74, 6) is 0.327. The fraction of sp³-hybridized carbons (Fsp3) is 0. The third kappa shape index (κ3) is 3.35. The van der Waals surface area contributed by atoms with Gasteiger partial charge in [-0.15, -0.1) is 10.2 Å². The number of rotatable bonds is 3. The molecule has 110 valence electrons. The molecule has 0 atom stereocenters. The Labute approximate surface area is 136 Å². The summed E-state index contributed by atoms with van der Waals surface area (Å²) in [4.78, 5) is 0. The molecule has 0 radical (unpaired) electrons. The van der Waals surface area contributed by atoms with Crippen molar-refractivity contribution in [2.24, 2.45) is 0 Å². The molecule has 0 aliphatic heterocycles. The highest BCUT2D eigenvalue weighted by Crippen LogP contribution is 2.23. The van der Waals surface area contributed by atoms with Crippen LogP contribution in [0.25, 0.3) is 23.6 Å². The molecular formula is C16H9Cl2FN2O. The molecule has 0 fully saturated rings. The lowest BCUT2D eigenvalue weighted by molar-refractivity contribution is 0.557. The molecule has 6 heteroatoms. The summed E-state index contributed by atoms with van der Waals surface area (Å²) in [7, 11) is 0. The Morgan fingerprint density at radius 2 is 1.73 bits per heavy atom. The van der Waals surface area contributed by atoms with E-state index < -0.39 is 0 Å². The standard InChI is InChI=1S/C16H9Cl2FN2O/c17-12-5-1-10(14(18)9-12)4-8-15-20-21-16(22-15)11-2-6-13(19)7-3-11/h1-9H/b8-4+. The zero-order valence-corrected chi connectivity index (χ0v) is 12.6. The lowest BCUT2D eigenvalue weighted by Gasteiger charge is -1.97. The van der Waals surface area contributed by atoms with Gasteiger partial charge in [0.1, 0.15) is 5.82 Å². The molecule has 22 heavy (non-hydrogen) atoms. The van der Waals surface area contributed by atoms with E-state index in [-0.39, 0.29) is 5.82 Å². The van der Waals surface area contributed by atoms with E-state index in [9.17, 15) is 4.39 Å². The number of hydrogen-bond acceptors (Lipinski definition) is 3. The van der Waals surface area contributed by atoms with Crippen LogP contribution in [0.3, 0.4) is 0 Å². The molecule has 0 amide bonds. The number of hydrogen-bond donors (Lipinski definition) is 0. The van der Waals surface area contributed by atoms with Gasteiger partial charge in [0, 0.05) is 21.7 Å². The van der Waals surface area contributed by atoms with Crippen molar-refractivity contribution in [3.63, 3.8) is 0 Å². The average Bonchev–Trinajstić information content (AvgIpc) is 2.96. The quantitative estimate of drug-likeness (QED) is 0.647. The average molecular weight is 335 g/mol. The van der Waals surface area contributed by atoms with Gasteiger partial charge in [-0.2, -0.15) is 0 Å². The predicted molar refractivity (Wildman–Crippen MR) is 85.1 cm³/mol. The summed E-state index contributed by atoms with van der Waals surface area (Å²) >= 11 is 11.9. The zero-order valence-electron chi connectivity index (χ0n) is 11.1. The molecule has 0 unspecified atom stereocenters. The minimum absolute atomic E-state index is 0.319. The molecule has 0 saturated carbocycles. The van der Waals surface area contributed by atoms with Crippen LogP contribution < -0.4 is 0 Å². The van der Waals surface area contributed by atoms with Gasteiger partial charge in [-0.25, -0.2) is 4.39 Å². The lowest BCUT2D eigenvalue weighted by atomic mass is 10.2. The van der Waals surface area contributed by atoms with Gasteiger partial charge in [-0.05, 0) is 48.0 Å². The van der Waals surface area contributed by atoms with Crippen molar-refractivity contribution in [3.05, 3.63) is 69.8 Å². The maximum atomic E-state index is 12.9. The summed E-state index contributed by atoms with van der Waals surface area (Å²) in [6.45, 7) is 0. The van der Waals surface area contributed by atoms with Crippen molar-refractivity contribution in [2.45, 2.75) is 0 Å². The molecule has 0 saturated heterocycles. The molecule has 3 nitrogen and oxygen atoms in total. The van der Waals surface area contributed by atoms with Crippen LogP contribution in [-0.2, 0) is 0 Å². The molecule has 3 rings (SSSR count). The van der Waals surface area contributed by atoms with Gasteiger partial charge >= 0.3 is 0 Å². The highest BCUT2D eigenvalue weighted by molar-refractivity contribution is 6.35. The second kappa shape index (κ2) is 6.30. The Morgan fingerprint density at radius 3 is 2.45 bits per heavy atom. The molecule has 0 aliphatic rings. The van der Waals surface area contributed by atoms with Gasteiger partial charge in [-0.1, -0.05) is 29.3 Å². The van der Waals surface area contributed by atoms with Crippen molar-refractivity contribution in [2.75, 3.05) is 0 Å². The largest absolute Gasteiger partial charge is 0.417 e. The Balaban J connectivity index is 1.82. The second-order valence-electron chi connectivity index (χ2n) is 4.45. The Hall–Kier alpha value is -2.17. The van der Waals surface area contributed by atoms with E-state index in [1.54, 1.807) is 42.5 Å². The van der Waals surface area contributed by atoms with Crippen LogP contribution in [0.4, 0.5) is 4.39 Å². The minimum atomic E-state index is -0.319. The van der Waals surface area contributed by atoms with E-state index in [0.29, 0.717) is 27.4 Å². The maximum Gasteiger partial charge on any atom is 0.248 e. The number of nitrogens with zero attached hydrogens (tertiary/aromatic N) is 2. The molecule has 1 heterocycles. The van der Waals surface area contributed by atoms with Gasteiger partial charge in [0.2, 0.25) is 11.8 Å². The first-order valence-corrected chi connectivity index (χ1v) is 7.10. The SMILES string of the molecule is Fc1ccc(-c2nnc(/C=C/c3ccc(Cl)cc3Cl)o2)cc1. The maximum absolute atomic E-state index is 12.9. The van der Waals surface area contributed by atoms with Gasteiger partial charge in [0.25, 0.3) is 0 Å². The zero-order chi connectivity index (χ0) is 15.5. The number of halogens is 3. The van der Waals surface area contributed by atoms with Crippen LogP contribution in [0.5, 0.6) is 0 Å². The summed E-state index contributed by atoms with van der Waals surface area (Å²) < 4.78 is 18.4. The monoisotopic (exact) mass is 334 g/mol. The van der Waals surface area contributed by atoms with E-state index in [4.69, 9.17) is 27.6 Å². The van der Waals surface area contributed by atoms with E-state index in [0.717, 1.165) is 5.56 Å². The molecular weight excluding hydrogens is 326 g/mol. The van der Waals surface area contributed by atoms with Gasteiger partial charge in [-0.3, -0.25) is 0 Å². The predicted octanol–water partition coefficient (Wildman–Crippen LogP) is 5.35. The first-order chi connectivity index (χ1) is 10.6. The van der Waals surface area contributed by atoms with Gasteiger partial charge < -0.3 is 4.42 Å². The Kier molecular flexibility index (Phi) is 4.22. The Bertz CT molecular complexity index is 828. The van der Waals surface area contributed by atoms with E-state index in [2.05, 4.69) is 10.2 Å². The highest BCUT2D eigenvalue weighted by atomic mass is 35.5. The van der Waals surface area contributed by atoms with Gasteiger partial charge in [0.15, 0.2) is 0 Å². The molecule has 0 aliphatic carbocycles. The number of aromatic nitrogens is 2. The summed E-state index contributed by atoms with van der Waals surface area (Å²) in [5, 5.41) is 8.93. The minimum Gasteiger partial charge on any atom is -0.417 e. The van der Waals surface area contributed by atoms with Crippen molar-refractivity contribution in [1.29, 1.82) is 0 Å². The molecule has 0 N–H and O–H groups in total. The van der Waals surface area contributed by atoms with Crippen LogP contribution in [0, 0.1) is 5.82 Å². The third-order valence-corrected chi connectivity index (χ3v) is 3.46. The lowest BCUT2D eigenvalue weighted by Crippen LogP contribution is -1.78. The van der Waals surface area contributed by atoms with Crippen molar-refractivity contribution in [1.82, 2.24) is 10.2 Å². The molecule has 2 aromatic carbocycles. The number of benzene rings is 2. The van der Waals surface area contributed by atoms with E-state index in [1.165, 1.54) is 12.1 Å². The fourth-order valence-electron chi connectivity index (χ4n) is 1.81. The smallest absolute Gasteiger partial charge is 0.248 e. The van der Waals surface area contributed by atoms with Crippen LogP contribution in [0.2, 0.25) is 10.0 Å². The topological polar surface area (TPSA) is 38.9 Å². The molecule has 1 aromatic heterocycles. The molecule has 3 aromatic rings. The molecule has 0 bridgehead atoms. The first-order valence-electron chi connectivity index (χ1n) is 6.34. The van der Waals surface area contributed by atoms with E-state index >= 15 is 0 Å². The van der Waals surface area contributed by atoms with Crippen LogP contribution in [0.1, 0.15) is 11.5 Å². The summed E-state index contributed by atoms with van der Waals surface area (Å²) in [5.41, 5.74) is 1.44. The van der Waals surface area contributed by atoms with Crippen molar-refractivity contribution >= 4 is 35.4 Å². The second-order valence-corrected chi connectivity index (χ2v) is 5.30.